The van der Waals surface area contributed by atoms with Crippen molar-refractivity contribution in [3.05, 3.63) is 23.5 Å². The molecular formula is C15H15F5N2OS2. The third-order valence-electron chi connectivity index (χ3n) is 3.12. The number of carbonyl (C=O) groups is 1. The van der Waals surface area contributed by atoms with Crippen LogP contribution in [0.4, 0.5) is 27.6 Å². The molecule has 1 heterocycles. The lowest BCUT2D eigenvalue weighted by Gasteiger charge is -2.16. The van der Waals surface area contributed by atoms with E-state index in [-0.39, 0.29) is 16.6 Å². The SMILES string of the molecule is Cc1cc(F)c(/N=C2\SCC(=O)N2CC(F)F)cc1SCC(C)(F)F. The summed E-state index contributed by atoms with van der Waals surface area (Å²) in [4.78, 5) is 16.8. The summed E-state index contributed by atoms with van der Waals surface area (Å²) in [5.74, 6) is -4.67. The summed E-state index contributed by atoms with van der Waals surface area (Å²) >= 11 is 1.78. The third-order valence-corrected chi connectivity index (χ3v) is 5.48. The van der Waals surface area contributed by atoms with Crippen molar-refractivity contribution in [3.8, 4) is 0 Å². The summed E-state index contributed by atoms with van der Waals surface area (Å²) in [7, 11) is 0. The number of amidine groups is 1. The number of hydrogen-bond acceptors (Lipinski definition) is 4. The van der Waals surface area contributed by atoms with E-state index < -0.39 is 36.4 Å². The van der Waals surface area contributed by atoms with Gasteiger partial charge >= 0.3 is 0 Å². The summed E-state index contributed by atoms with van der Waals surface area (Å²) in [6, 6.07) is 2.44. The number of hydrogen-bond donors (Lipinski definition) is 0. The molecule has 0 unspecified atom stereocenters. The van der Waals surface area contributed by atoms with E-state index in [1.165, 1.54) is 6.07 Å². The van der Waals surface area contributed by atoms with Gasteiger partial charge < -0.3 is 0 Å². The molecule has 1 saturated heterocycles. The summed E-state index contributed by atoms with van der Waals surface area (Å²) in [6.07, 6.45) is -2.74. The maximum atomic E-state index is 14.1. The second-order valence-electron chi connectivity index (χ2n) is 5.51. The van der Waals surface area contributed by atoms with Gasteiger partial charge in [-0.25, -0.2) is 26.9 Å². The van der Waals surface area contributed by atoms with Gasteiger partial charge in [0.15, 0.2) is 5.17 Å². The topological polar surface area (TPSA) is 32.7 Å². The van der Waals surface area contributed by atoms with Gasteiger partial charge in [-0.05, 0) is 24.6 Å². The molecule has 0 aliphatic carbocycles. The van der Waals surface area contributed by atoms with E-state index in [0.29, 0.717) is 10.5 Å². The van der Waals surface area contributed by atoms with Gasteiger partial charge in [0.2, 0.25) is 5.91 Å². The maximum absolute atomic E-state index is 14.1. The highest BCUT2D eigenvalue weighted by Gasteiger charge is 2.31. The van der Waals surface area contributed by atoms with Crippen LogP contribution in [0.5, 0.6) is 0 Å². The van der Waals surface area contributed by atoms with Gasteiger partial charge in [0.05, 0.1) is 18.1 Å². The Bertz CT molecular complexity index is 691. The van der Waals surface area contributed by atoms with Crippen LogP contribution in [-0.2, 0) is 4.79 Å². The first-order valence-electron chi connectivity index (χ1n) is 7.17. The fourth-order valence-electron chi connectivity index (χ4n) is 1.99. The standard InChI is InChI=1S/C15H15F5N2OS2/c1-8-3-9(16)10(4-11(8)25-7-15(2,19)20)21-14-22(5-12(17)18)13(23)6-24-14/h3-4,12H,5-7H2,1-2H3/b21-14-. The normalized spacial score (nSPS) is 17.2. The summed E-state index contributed by atoms with van der Waals surface area (Å²) < 4.78 is 65.3. The molecule has 1 aliphatic rings. The molecule has 0 saturated carbocycles. The Balaban J connectivity index is 2.30. The van der Waals surface area contributed by atoms with Crippen LogP contribution in [0, 0.1) is 12.7 Å². The number of carbonyl (C=O) groups excluding carboxylic acids is 1. The molecule has 0 atom stereocenters. The zero-order chi connectivity index (χ0) is 18.8. The van der Waals surface area contributed by atoms with E-state index in [0.717, 1.165) is 41.4 Å². The van der Waals surface area contributed by atoms with Gasteiger partial charge in [0, 0.05) is 11.8 Å². The average Bonchev–Trinajstić information content (AvgIpc) is 2.80. The molecule has 0 aromatic heterocycles. The van der Waals surface area contributed by atoms with Crippen LogP contribution in [-0.4, -0.2) is 46.4 Å². The molecule has 1 amide bonds. The fraction of sp³-hybridized carbons (Fsp3) is 0.467. The maximum Gasteiger partial charge on any atom is 0.256 e. The van der Waals surface area contributed by atoms with Gasteiger partial charge in [-0.1, -0.05) is 11.8 Å². The van der Waals surface area contributed by atoms with Crippen molar-refractivity contribution >= 4 is 40.3 Å². The Kier molecular flexibility index (Phi) is 6.36. The highest BCUT2D eigenvalue weighted by atomic mass is 32.2. The van der Waals surface area contributed by atoms with Crippen molar-refractivity contribution in [1.82, 2.24) is 4.90 Å². The highest BCUT2D eigenvalue weighted by Crippen LogP contribution is 2.34. The first kappa shape index (κ1) is 20.0. The summed E-state index contributed by atoms with van der Waals surface area (Å²) in [6.45, 7) is 1.54. The van der Waals surface area contributed by atoms with Crippen molar-refractivity contribution in [2.24, 2.45) is 4.99 Å². The minimum absolute atomic E-state index is 0.0233. The molecule has 1 aromatic rings. The van der Waals surface area contributed by atoms with Crippen LogP contribution in [0.15, 0.2) is 22.0 Å². The number of aryl methyl sites for hydroxylation is 1. The van der Waals surface area contributed by atoms with Crippen molar-refractivity contribution < 1.29 is 26.7 Å². The Morgan fingerprint density at radius 2 is 2.08 bits per heavy atom. The van der Waals surface area contributed by atoms with Crippen LogP contribution in [0.1, 0.15) is 12.5 Å². The van der Waals surface area contributed by atoms with Crippen LogP contribution in [0.25, 0.3) is 0 Å². The molecule has 0 N–H and O–H groups in total. The van der Waals surface area contributed by atoms with E-state index in [4.69, 9.17) is 0 Å². The van der Waals surface area contributed by atoms with Gasteiger partial charge in [0.1, 0.15) is 11.5 Å². The molecular weight excluding hydrogens is 383 g/mol. The number of alkyl halides is 4. The molecule has 0 bridgehead atoms. The average molecular weight is 398 g/mol. The first-order valence-corrected chi connectivity index (χ1v) is 9.15. The van der Waals surface area contributed by atoms with Gasteiger partial charge in [-0.2, -0.15) is 0 Å². The predicted octanol–water partition coefficient (Wildman–Crippen LogP) is 4.71. The van der Waals surface area contributed by atoms with Crippen molar-refractivity contribution in [2.75, 3.05) is 18.1 Å². The molecule has 1 aromatic carbocycles. The molecule has 0 radical (unpaired) electrons. The highest BCUT2D eigenvalue weighted by molar-refractivity contribution is 8.15. The van der Waals surface area contributed by atoms with Crippen LogP contribution in [0.3, 0.4) is 0 Å². The number of rotatable bonds is 6. The second-order valence-corrected chi connectivity index (χ2v) is 7.47. The second kappa shape index (κ2) is 7.94. The first-order chi connectivity index (χ1) is 11.6. The van der Waals surface area contributed by atoms with E-state index in [1.54, 1.807) is 6.92 Å². The van der Waals surface area contributed by atoms with Crippen molar-refractivity contribution in [2.45, 2.75) is 31.1 Å². The number of halogens is 5. The minimum atomic E-state index is -2.89. The summed E-state index contributed by atoms with van der Waals surface area (Å²) in [5, 5.41) is -0.0233. The Morgan fingerprint density at radius 3 is 2.68 bits per heavy atom. The molecule has 1 aliphatic heterocycles. The Labute approximate surface area is 150 Å². The third kappa shape index (κ3) is 5.60. The minimum Gasteiger partial charge on any atom is -0.285 e. The molecule has 25 heavy (non-hydrogen) atoms. The van der Waals surface area contributed by atoms with Crippen LogP contribution < -0.4 is 0 Å². The van der Waals surface area contributed by atoms with Gasteiger partial charge in [-0.15, -0.1) is 11.8 Å². The number of amides is 1. The fourth-order valence-corrected chi connectivity index (χ4v) is 3.78. The molecule has 3 nitrogen and oxygen atoms in total. The van der Waals surface area contributed by atoms with Gasteiger partial charge in [0.25, 0.3) is 12.3 Å². The van der Waals surface area contributed by atoms with Gasteiger partial charge in [-0.3, -0.25) is 9.69 Å². The lowest BCUT2D eigenvalue weighted by Crippen LogP contribution is -2.33. The monoisotopic (exact) mass is 398 g/mol. The molecule has 2 rings (SSSR count). The van der Waals surface area contributed by atoms with Crippen molar-refractivity contribution in [1.29, 1.82) is 0 Å². The zero-order valence-corrected chi connectivity index (χ0v) is 15.0. The van der Waals surface area contributed by atoms with E-state index >= 15 is 0 Å². The summed E-state index contributed by atoms with van der Waals surface area (Å²) in [5.41, 5.74) is 0.291. The van der Waals surface area contributed by atoms with Crippen LogP contribution >= 0.6 is 23.5 Å². The number of thioether (sulfide) groups is 2. The molecule has 1 fully saturated rings. The smallest absolute Gasteiger partial charge is 0.256 e. The molecule has 10 heteroatoms. The zero-order valence-electron chi connectivity index (χ0n) is 13.4. The van der Waals surface area contributed by atoms with Crippen molar-refractivity contribution in [3.63, 3.8) is 0 Å². The van der Waals surface area contributed by atoms with E-state index in [2.05, 4.69) is 4.99 Å². The Hall–Kier alpha value is -1.29. The van der Waals surface area contributed by atoms with Crippen LogP contribution in [0.2, 0.25) is 0 Å². The number of benzene rings is 1. The number of nitrogens with zero attached hydrogens (tertiary/aromatic N) is 2. The Morgan fingerprint density at radius 1 is 1.40 bits per heavy atom. The number of aliphatic imine (C=N–C) groups is 1. The van der Waals surface area contributed by atoms with E-state index in [9.17, 15) is 26.7 Å². The quantitative estimate of drug-likeness (QED) is 0.514. The molecule has 0 spiro atoms. The largest absolute Gasteiger partial charge is 0.285 e. The molecule has 138 valence electrons. The predicted molar refractivity (Wildman–Crippen MR) is 89.8 cm³/mol. The lowest BCUT2D eigenvalue weighted by atomic mass is 10.2. The lowest BCUT2D eigenvalue weighted by molar-refractivity contribution is -0.125. The van der Waals surface area contributed by atoms with E-state index in [1.807, 2.05) is 0 Å².